The lowest BCUT2D eigenvalue weighted by Gasteiger charge is -2.35. The van der Waals surface area contributed by atoms with Gasteiger partial charge in [-0.15, -0.1) is 0 Å². The Bertz CT molecular complexity index is 355. The second kappa shape index (κ2) is 3.91. The molecule has 0 heterocycles. The average molecular weight is 209 g/mol. The van der Waals surface area contributed by atoms with Crippen LogP contribution in [-0.4, -0.2) is 11.1 Å². The molecule has 0 amide bonds. The zero-order chi connectivity index (χ0) is 10.9. The van der Waals surface area contributed by atoms with E-state index in [0.29, 0.717) is 18.4 Å². The fourth-order valence-electron chi connectivity index (χ4n) is 2.33. The minimum absolute atomic E-state index is 0.0204. The highest BCUT2D eigenvalue weighted by molar-refractivity contribution is 5.24. The standard InChI is InChI=1S/C12H16FNO/c13-10-4-1-3-9(7-10)12(15)6-2-5-11(14)8-12/h1,3-4,7,11,15H,2,5-6,8,14H2. The van der Waals surface area contributed by atoms with Crippen LogP contribution in [0.15, 0.2) is 24.3 Å². The number of hydrogen-bond acceptors (Lipinski definition) is 2. The highest BCUT2D eigenvalue weighted by Gasteiger charge is 2.34. The van der Waals surface area contributed by atoms with Crippen LogP contribution in [0.3, 0.4) is 0 Å². The van der Waals surface area contributed by atoms with Gasteiger partial charge in [-0.3, -0.25) is 0 Å². The Hall–Kier alpha value is -0.930. The first-order chi connectivity index (χ1) is 7.10. The summed E-state index contributed by atoms with van der Waals surface area (Å²) in [6.07, 6.45) is 3.03. The molecule has 0 aliphatic heterocycles. The van der Waals surface area contributed by atoms with E-state index in [1.165, 1.54) is 12.1 Å². The molecule has 0 aromatic heterocycles. The average Bonchev–Trinajstić information content (AvgIpc) is 2.17. The molecule has 15 heavy (non-hydrogen) atoms. The van der Waals surface area contributed by atoms with Crippen LogP contribution >= 0.6 is 0 Å². The molecule has 1 fully saturated rings. The quantitative estimate of drug-likeness (QED) is 0.742. The third kappa shape index (κ3) is 2.19. The third-order valence-electron chi connectivity index (χ3n) is 3.13. The minimum Gasteiger partial charge on any atom is -0.385 e. The molecular weight excluding hydrogens is 193 g/mol. The van der Waals surface area contributed by atoms with Gasteiger partial charge in [0.25, 0.3) is 0 Å². The SMILES string of the molecule is NC1CCCC(O)(c2cccc(F)c2)C1. The van der Waals surface area contributed by atoms with E-state index in [2.05, 4.69) is 0 Å². The first-order valence-corrected chi connectivity index (χ1v) is 5.34. The molecule has 0 spiro atoms. The van der Waals surface area contributed by atoms with Crippen LogP contribution in [-0.2, 0) is 5.60 Å². The van der Waals surface area contributed by atoms with E-state index >= 15 is 0 Å². The predicted octanol–water partition coefficient (Wildman–Crippen LogP) is 1.91. The summed E-state index contributed by atoms with van der Waals surface area (Å²) in [5.74, 6) is -0.305. The van der Waals surface area contributed by atoms with Crippen LogP contribution in [0.1, 0.15) is 31.2 Å². The second-order valence-electron chi connectivity index (χ2n) is 4.40. The largest absolute Gasteiger partial charge is 0.385 e. The molecule has 1 saturated carbocycles. The summed E-state index contributed by atoms with van der Waals surface area (Å²) in [5.41, 5.74) is 5.55. The fourth-order valence-corrected chi connectivity index (χ4v) is 2.33. The van der Waals surface area contributed by atoms with Crippen LogP contribution in [0.4, 0.5) is 4.39 Å². The van der Waals surface area contributed by atoms with Crippen molar-refractivity contribution in [3.63, 3.8) is 0 Å². The minimum atomic E-state index is -0.931. The first kappa shape index (κ1) is 10.6. The van der Waals surface area contributed by atoms with Crippen LogP contribution < -0.4 is 5.73 Å². The summed E-state index contributed by atoms with van der Waals surface area (Å²) < 4.78 is 13.0. The van der Waals surface area contributed by atoms with Gasteiger partial charge in [0.2, 0.25) is 0 Å². The maximum Gasteiger partial charge on any atom is 0.123 e. The molecule has 0 radical (unpaired) electrons. The van der Waals surface area contributed by atoms with E-state index in [9.17, 15) is 9.50 Å². The fraction of sp³-hybridized carbons (Fsp3) is 0.500. The Morgan fingerprint density at radius 1 is 1.47 bits per heavy atom. The lowest BCUT2D eigenvalue weighted by molar-refractivity contribution is -0.00741. The van der Waals surface area contributed by atoms with Gasteiger partial charge in [0, 0.05) is 6.04 Å². The van der Waals surface area contributed by atoms with E-state index in [4.69, 9.17) is 5.73 Å². The van der Waals surface area contributed by atoms with Gasteiger partial charge in [0.1, 0.15) is 5.82 Å². The summed E-state index contributed by atoms with van der Waals surface area (Å²) in [6, 6.07) is 6.20. The van der Waals surface area contributed by atoms with Crippen molar-refractivity contribution in [2.24, 2.45) is 5.73 Å². The van der Waals surface area contributed by atoms with Crippen molar-refractivity contribution in [3.8, 4) is 0 Å². The molecule has 82 valence electrons. The molecule has 3 N–H and O–H groups in total. The number of aliphatic hydroxyl groups is 1. The normalized spacial score (nSPS) is 31.5. The van der Waals surface area contributed by atoms with E-state index < -0.39 is 5.60 Å². The summed E-state index contributed by atoms with van der Waals surface area (Å²) in [6.45, 7) is 0. The van der Waals surface area contributed by atoms with Crippen LogP contribution in [0, 0.1) is 5.82 Å². The molecule has 1 aromatic carbocycles. The van der Waals surface area contributed by atoms with Gasteiger partial charge in [0.05, 0.1) is 5.60 Å². The molecule has 2 unspecified atom stereocenters. The first-order valence-electron chi connectivity index (χ1n) is 5.34. The third-order valence-corrected chi connectivity index (χ3v) is 3.13. The van der Waals surface area contributed by atoms with E-state index in [0.717, 1.165) is 12.8 Å². The Kier molecular flexibility index (Phi) is 2.76. The van der Waals surface area contributed by atoms with Gasteiger partial charge in [-0.2, -0.15) is 0 Å². The van der Waals surface area contributed by atoms with E-state index in [1.54, 1.807) is 12.1 Å². The highest BCUT2D eigenvalue weighted by Crippen LogP contribution is 2.36. The molecule has 1 aromatic rings. The van der Waals surface area contributed by atoms with Gasteiger partial charge in [-0.05, 0) is 43.4 Å². The van der Waals surface area contributed by atoms with E-state index in [-0.39, 0.29) is 11.9 Å². The van der Waals surface area contributed by atoms with Crippen LogP contribution in [0.25, 0.3) is 0 Å². The highest BCUT2D eigenvalue weighted by atomic mass is 19.1. The number of nitrogens with two attached hydrogens (primary N) is 1. The summed E-state index contributed by atoms with van der Waals surface area (Å²) in [4.78, 5) is 0. The van der Waals surface area contributed by atoms with Crippen molar-refractivity contribution in [2.75, 3.05) is 0 Å². The van der Waals surface area contributed by atoms with Gasteiger partial charge in [-0.25, -0.2) is 4.39 Å². The van der Waals surface area contributed by atoms with Crippen LogP contribution in [0.2, 0.25) is 0 Å². The molecule has 1 aliphatic carbocycles. The molecule has 2 rings (SSSR count). The molecular formula is C12H16FNO. The molecule has 0 saturated heterocycles. The Morgan fingerprint density at radius 2 is 2.27 bits per heavy atom. The Labute approximate surface area is 88.9 Å². The van der Waals surface area contributed by atoms with Crippen molar-refractivity contribution >= 4 is 0 Å². The van der Waals surface area contributed by atoms with Crippen molar-refractivity contribution in [1.29, 1.82) is 0 Å². The summed E-state index contributed by atoms with van der Waals surface area (Å²) in [7, 11) is 0. The van der Waals surface area contributed by atoms with Crippen LogP contribution in [0.5, 0.6) is 0 Å². The number of benzene rings is 1. The second-order valence-corrected chi connectivity index (χ2v) is 4.40. The van der Waals surface area contributed by atoms with Crippen molar-refractivity contribution in [2.45, 2.75) is 37.3 Å². The molecule has 3 heteroatoms. The van der Waals surface area contributed by atoms with Crippen molar-refractivity contribution < 1.29 is 9.50 Å². The van der Waals surface area contributed by atoms with E-state index in [1.807, 2.05) is 0 Å². The Morgan fingerprint density at radius 3 is 2.93 bits per heavy atom. The van der Waals surface area contributed by atoms with Gasteiger partial charge in [0.15, 0.2) is 0 Å². The molecule has 2 nitrogen and oxygen atoms in total. The molecule has 2 atom stereocenters. The number of rotatable bonds is 1. The molecule has 0 bridgehead atoms. The summed E-state index contributed by atoms with van der Waals surface area (Å²) in [5, 5.41) is 10.4. The maximum absolute atomic E-state index is 13.0. The Balaban J connectivity index is 2.28. The van der Waals surface area contributed by atoms with Gasteiger partial charge in [-0.1, -0.05) is 12.1 Å². The predicted molar refractivity (Wildman–Crippen MR) is 56.7 cm³/mol. The topological polar surface area (TPSA) is 46.2 Å². The zero-order valence-electron chi connectivity index (χ0n) is 8.62. The smallest absolute Gasteiger partial charge is 0.123 e. The summed E-state index contributed by atoms with van der Waals surface area (Å²) >= 11 is 0. The number of hydrogen-bond donors (Lipinski definition) is 2. The lowest BCUT2D eigenvalue weighted by Crippen LogP contribution is -2.39. The van der Waals surface area contributed by atoms with Crippen molar-refractivity contribution in [3.05, 3.63) is 35.6 Å². The van der Waals surface area contributed by atoms with Gasteiger partial charge < -0.3 is 10.8 Å². The maximum atomic E-state index is 13.0. The monoisotopic (exact) mass is 209 g/mol. The van der Waals surface area contributed by atoms with Gasteiger partial charge >= 0.3 is 0 Å². The van der Waals surface area contributed by atoms with Crippen molar-refractivity contribution in [1.82, 2.24) is 0 Å². The lowest BCUT2D eigenvalue weighted by atomic mass is 9.77. The molecule has 1 aliphatic rings. The zero-order valence-corrected chi connectivity index (χ0v) is 8.62. The number of halogens is 1.